The van der Waals surface area contributed by atoms with Crippen molar-refractivity contribution in [3.63, 3.8) is 0 Å². The number of hydrogen-bond acceptors (Lipinski definition) is 2. The molecule has 0 saturated heterocycles. The molecule has 0 unspecified atom stereocenters. The molecular weight excluding hydrogens is 176 g/mol. The minimum atomic E-state index is 0.655. The fraction of sp³-hybridized carbons (Fsp3) is 0.364. The molecule has 0 aliphatic carbocycles. The van der Waals surface area contributed by atoms with E-state index in [0.29, 0.717) is 12.5 Å². The van der Waals surface area contributed by atoms with Crippen LogP contribution in [-0.2, 0) is 7.05 Å². The molecule has 0 aliphatic heterocycles. The molecule has 14 heavy (non-hydrogen) atoms. The predicted octanol–water partition coefficient (Wildman–Crippen LogP) is 2.28. The van der Waals surface area contributed by atoms with Gasteiger partial charge in [-0.3, -0.25) is 0 Å². The number of nitrogens with zero attached hydrogens (tertiary/aromatic N) is 2. The zero-order chi connectivity index (χ0) is 10.1. The van der Waals surface area contributed by atoms with E-state index >= 15 is 0 Å². The number of ether oxygens (including phenoxy) is 1. The molecule has 0 saturated carbocycles. The summed E-state index contributed by atoms with van der Waals surface area (Å²) in [5.41, 5.74) is 2.23. The number of pyridine rings is 1. The Morgan fingerprint density at radius 3 is 2.93 bits per heavy atom. The summed E-state index contributed by atoms with van der Waals surface area (Å²) >= 11 is 0. The number of aromatic nitrogens is 2. The van der Waals surface area contributed by atoms with Gasteiger partial charge in [0.1, 0.15) is 5.65 Å². The molecule has 3 heteroatoms. The molecule has 0 aromatic carbocycles. The van der Waals surface area contributed by atoms with Gasteiger partial charge in [-0.2, -0.15) is 4.98 Å². The topological polar surface area (TPSA) is 27.1 Å². The summed E-state index contributed by atoms with van der Waals surface area (Å²) in [4.78, 5) is 4.43. The summed E-state index contributed by atoms with van der Waals surface area (Å²) in [5.74, 6) is 0.696. The van der Waals surface area contributed by atoms with E-state index in [-0.39, 0.29) is 0 Å². The molecule has 0 N–H and O–H groups in total. The second kappa shape index (κ2) is 3.33. The first-order valence-electron chi connectivity index (χ1n) is 4.78. The SMILES string of the molecule is CCOc1ccc2c(C)cn(C)c2n1. The van der Waals surface area contributed by atoms with Gasteiger partial charge in [0.2, 0.25) is 5.88 Å². The van der Waals surface area contributed by atoms with Gasteiger partial charge in [-0.1, -0.05) is 0 Å². The van der Waals surface area contributed by atoms with Crippen molar-refractivity contribution in [3.8, 4) is 5.88 Å². The lowest BCUT2D eigenvalue weighted by Crippen LogP contribution is -1.95. The van der Waals surface area contributed by atoms with Crippen LogP contribution in [0.15, 0.2) is 18.3 Å². The maximum Gasteiger partial charge on any atom is 0.215 e. The maximum atomic E-state index is 5.35. The maximum absolute atomic E-state index is 5.35. The Labute approximate surface area is 83.3 Å². The Balaban J connectivity index is 2.59. The second-order valence-electron chi connectivity index (χ2n) is 3.38. The Bertz CT molecular complexity index is 460. The van der Waals surface area contributed by atoms with Crippen LogP contribution < -0.4 is 4.74 Å². The average molecular weight is 190 g/mol. The van der Waals surface area contributed by atoms with Crippen molar-refractivity contribution in [3.05, 3.63) is 23.9 Å². The summed E-state index contributed by atoms with van der Waals surface area (Å²) < 4.78 is 7.37. The number of rotatable bonds is 2. The molecule has 0 amide bonds. The Morgan fingerprint density at radius 2 is 2.21 bits per heavy atom. The normalized spacial score (nSPS) is 10.8. The van der Waals surface area contributed by atoms with Gasteiger partial charge in [-0.25, -0.2) is 0 Å². The largest absolute Gasteiger partial charge is 0.478 e. The smallest absolute Gasteiger partial charge is 0.215 e. The van der Waals surface area contributed by atoms with Gasteiger partial charge in [-0.05, 0) is 25.5 Å². The fourth-order valence-electron chi connectivity index (χ4n) is 1.66. The highest BCUT2D eigenvalue weighted by atomic mass is 16.5. The summed E-state index contributed by atoms with van der Waals surface area (Å²) in [6.45, 7) is 4.70. The van der Waals surface area contributed by atoms with E-state index in [2.05, 4.69) is 24.2 Å². The molecule has 0 aliphatic rings. The molecular formula is C11H14N2O. The lowest BCUT2D eigenvalue weighted by Gasteiger charge is -2.02. The van der Waals surface area contributed by atoms with Crippen LogP contribution in [0.5, 0.6) is 5.88 Å². The van der Waals surface area contributed by atoms with Crippen molar-refractivity contribution >= 4 is 11.0 Å². The van der Waals surface area contributed by atoms with E-state index in [4.69, 9.17) is 4.74 Å². The van der Waals surface area contributed by atoms with Crippen LogP contribution >= 0.6 is 0 Å². The highest BCUT2D eigenvalue weighted by Crippen LogP contribution is 2.20. The van der Waals surface area contributed by atoms with Crippen LogP contribution in [0.2, 0.25) is 0 Å². The average Bonchev–Trinajstić information content (AvgIpc) is 2.43. The van der Waals surface area contributed by atoms with Crippen LogP contribution in [0.25, 0.3) is 11.0 Å². The third-order valence-corrected chi connectivity index (χ3v) is 2.29. The van der Waals surface area contributed by atoms with Gasteiger partial charge >= 0.3 is 0 Å². The number of fused-ring (bicyclic) bond motifs is 1. The van der Waals surface area contributed by atoms with Crippen molar-refractivity contribution in [2.24, 2.45) is 7.05 Å². The molecule has 0 atom stereocenters. The second-order valence-corrected chi connectivity index (χ2v) is 3.38. The molecule has 2 aromatic heterocycles. The van der Waals surface area contributed by atoms with Crippen molar-refractivity contribution in [1.82, 2.24) is 9.55 Å². The fourth-order valence-corrected chi connectivity index (χ4v) is 1.66. The van der Waals surface area contributed by atoms with E-state index in [1.807, 2.05) is 24.6 Å². The molecule has 2 aromatic rings. The highest BCUT2D eigenvalue weighted by molar-refractivity contribution is 5.80. The highest BCUT2D eigenvalue weighted by Gasteiger charge is 2.05. The molecule has 2 rings (SSSR count). The van der Waals surface area contributed by atoms with Gasteiger partial charge in [0.15, 0.2) is 0 Å². The predicted molar refractivity (Wildman–Crippen MR) is 56.6 cm³/mol. The summed E-state index contributed by atoms with van der Waals surface area (Å²) in [5, 5.41) is 1.19. The van der Waals surface area contributed by atoms with Crippen LogP contribution in [0.4, 0.5) is 0 Å². The van der Waals surface area contributed by atoms with Crippen LogP contribution in [0.1, 0.15) is 12.5 Å². The van der Waals surface area contributed by atoms with Gasteiger partial charge in [-0.15, -0.1) is 0 Å². The molecule has 0 bridgehead atoms. The Morgan fingerprint density at radius 1 is 1.43 bits per heavy atom. The standard InChI is InChI=1S/C11H14N2O/c1-4-14-10-6-5-9-8(2)7-13(3)11(9)12-10/h5-7H,4H2,1-3H3. The van der Waals surface area contributed by atoms with Crippen molar-refractivity contribution in [1.29, 1.82) is 0 Å². The first-order chi connectivity index (χ1) is 6.72. The van der Waals surface area contributed by atoms with Crippen molar-refractivity contribution < 1.29 is 4.74 Å². The van der Waals surface area contributed by atoms with Crippen molar-refractivity contribution in [2.45, 2.75) is 13.8 Å². The third kappa shape index (κ3) is 1.35. The van der Waals surface area contributed by atoms with E-state index in [1.165, 1.54) is 10.9 Å². The molecule has 3 nitrogen and oxygen atoms in total. The minimum Gasteiger partial charge on any atom is -0.478 e. The van der Waals surface area contributed by atoms with Gasteiger partial charge in [0.25, 0.3) is 0 Å². The van der Waals surface area contributed by atoms with E-state index < -0.39 is 0 Å². The van der Waals surface area contributed by atoms with Gasteiger partial charge < -0.3 is 9.30 Å². The Hall–Kier alpha value is -1.51. The third-order valence-electron chi connectivity index (χ3n) is 2.29. The molecule has 0 radical (unpaired) electrons. The van der Waals surface area contributed by atoms with Gasteiger partial charge in [0, 0.05) is 24.7 Å². The summed E-state index contributed by atoms with van der Waals surface area (Å²) in [7, 11) is 2.00. The summed E-state index contributed by atoms with van der Waals surface area (Å²) in [6, 6.07) is 3.97. The number of hydrogen-bond donors (Lipinski definition) is 0. The first kappa shape index (κ1) is 9.06. The monoisotopic (exact) mass is 190 g/mol. The lowest BCUT2D eigenvalue weighted by molar-refractivity contribution is 0.328. The zero-order valence-electron chi connectivity index (χ0n) is 8.74. The molecule has 74 valence electrons. The van der Waals surface area contributed by atoms with Crippen LogP contribution in [0.3, 0.4) is 0 Å². The Kier molecular flexibility index (Phi) is 2.15. The van der Waals surface area contributed by atoms with E-state index in [9.17, 15) is 0 Å². The molecule has 2 heterocycles. The molecule has 0 fully saturated rings. The quantitative estimate of drug-likeness (QED) is 0.726. The molecule has 0 spiro atoms. The number of aryl methyl sites for hydroxylation is 2. The lowest BCUT2D eigenvalue weighted by atomic mass is 10.2. The van der Waals surface area contributed by atoms with Crippen LogP contribution in [0, 0.1) is 6.92 Å². The van der Waals surface area contributed by atoms with Crippen LogP contribution in [-0.4, -0.2) is 16.2 Å². The van der Waals surface area contributed by atoms with E-state index in [1.54, 1.807) is 0 Å². The first-order valence-corrected chi connectivity index (χ1v) is 4.78. The van der Waals surface area contributed by atoms with Gasteiger partial charge in [0.05, 0.1) is 6.61 Å². The van der Waals surface area contributed by atoms with E-state index in [0.717, 1.165) is 5.65 Å². The van der Waals surface area contributed by atoms with Crippen molar-refractivity contribution in [2.75, 3.05) is 6.61 Å². The zero-order valence-corrected chi connectivity index (χ0v) is 8.74. The summed E-state index contributed by atoms with van der Waals surface area (Å²) in [6.07, 6.45) is 2.08. The minimum absolute atomic E-state index is 0.655.